The van der Waals surface area contributed by atoms with Crippen LogP contribution < -0.4 is 16.3 Å². The van der Waals surface area contributed by atoms with Gasteiger partial charge in [-0.05, 0) is 63.7 Å². The number of carbonyl (C=O) groups is 1. The van der Waals surface area contributed by atoms with Gasteiger partial charge in [-0.25, -0.2) is 4.79 Å². The van der Waals surface area contributed by atoms with Crippen molar-refractivity contribution in [3.8, 4) is 0 Å². The number of amides is 1. The summed E-state index contributed by atoms with van der Waals surface area (Å²) in [6, 6.07) is 1.84. The molecule has 1 atom stereocenters. The largest absolute Gasteiger partial charge is 0.427 e. The number of carbonyl (C=O) groups excluding carboxylic acids is 1. The van der Waals surface area contributed by atoms with Crippen molar-refractivity contribution in [1.29, 1.82) is 0 Å². The summed E-state index contributed by atoms with van der Waals surface area (Å²) >= 11 is 0. The van der Waals surface area contributed by atoms with Crippen molar-refractivity contribution in [2.45, 2.75) is 51.0 Å². The number of hydrogen-bond acceptors (Lipinski definition) is 6. The number of nitrogens with zero attached hydrogens (tertiary/aromatic N) is 1. The standard InChI is InChI=1S/C20H31N3O4.2ClH/c1-14-12-17(15-4-2-7-21-13-15)27-20(26)18(14)19(25)22-8-3-9-23-10-5-16(24)6-11-23;;/h12,15-16,21,24H,2-11,13H2,1H3,(H,22,25);2*1H. The Kier molecular flexibility index (Phi) is 11.2. The highest BCUT2D eigenvalue weighted by atomic mass is 35.5. The van der Waals surface area contributed by atoms with Crippen LogP contribution in [0.3, 0.4) is 0 Å². The molecule has 0 radical (unpaired) electrons. The van der Waals surface area contributed by atoms with Gasteiger partial charge in [0.15, 0.2) is 0 Å². The minimum Gasteiger partial charge on any atom is -0.427 e. The number of halogens is 2. The molecule has 2 saturated heterocycles. The number of rotatable bonds is 6. The highest BCUT2D eigenvalue weighted by Crippen LogP contribution is 2.23. The van der Waals surface area contributed by atoms with Crippen molar-refractivity contribution in [2.24, 2.45) is 0 Å². The maximum atomic E-state index is 12.4. The molecule has 9 heteroatoms. The van der Waals surface area contributed by atoms with Crippen LogP contribution in [0.15, 0.2) is 15.3 Å². The van der Waals surface area contributed by atoms with Crippen LogP contribution in [0.1, 0.15) is 59.7 Å². The van der Waals surface area contributed by atoms with Crippen molar-refractivity contribution in [3.05, 3.63) is 33.4 Å². The van der Waals surface area contributed by atoms with Gasteiger partial charge in [-0.2, -0.15) is 0 Å². The zero-order valence-corrected chi connectivity index (χ0v) is 18.6. The van der Waals surface area contributed by atoms with E-state index in [0.717, 1.165) is 64.8 Å². The second-order valence-electron chi connectivity index (χ2n) is 7.72. The van der Waals surface area contributed by atoms with E-state index >= 15 is 0 Å². The van der Waals surface area contributed by atoms with Crippen molar-refractivity contribution < 1.29 is 14.3 Å². The van der Waals surface area contributed by atoms with Gasteiger partial charge in [-0.15, -0.1) is 24.8 Å². The quantitative estimate of drug-likeness (QED) is 0.573. The van der Waals surface area contributed by atoms with Crippen LogP contribution in [0.5, 0.6) is 0 Å². The third-order valence-electron chi connectivity index (χ3n) is 5.59. The van der Waals surface area contributed by atoms with Gasteiger partial charge in [0.25, 0.3) is 5.91 Å². The molecule has 0 aromatic carbocycles. The molecule has 2 aliphatic heterocycles. The Labute approximate surface area is 184 Å². The molecule has 3 heterocycles. The maximum absolute atomic E-state index is 12.4. The van der Waals surface area contributed by atoms with E-state index in [1.54, 1.807) is 6.92 Å². The average molecular weight is 450 g/mol. The lowest BCUT2D eigenvalue weighted by atomic mass is 9.95. The van der Waals surface area contributed by atoms with E-state index in [1.165, 1.54) is 0 Å². The summed E-state index contributed by atoms with van der Waals surface area (Å²) in [5.41, 5.74) is 0.246. The predicted molar refractivity (Wildman–Crippen MR) is 118 cm³/mol. The zero-order valence-electron chi connectivity index (χ0n) is 16.9. The van der Waals surface area contributed by atoms with Gasteiger partial charge in [0.05, 0.1) is 6.10 Å². The molecule has 1 amide bonds. The molecule has 0 spiro atoms. The molecule has 1 aromatic rings. The van der Waals surface area contributed by atoms with E-state index in [2.05, 4.69) is 15.5 Å². The van der Waals surface area contributed by atoms with E-state index in [9.17, 15) is 14.7 Å². The van der Waals surface area contributed by atoms with E-state index in [0.29, 0.717) is 17.9 Å². The average Bonchev–Trinajstić information content (AvgIpc) is 2.67. The fourth-order valence-electron chi connectivity index (χ4n) is 3.94. The molecule has 1 unspecified atom stereocenters. The lowest BCUT2D eigenvalue weighted by Gasteiger charge is -2.29. The number of nitrogens with one attached hydrogen (secondary N) is 2. The van der Waals surface area contributed by atoms with Gasteiger partial charge in [-0.1, -0.05) is 0 Å². The van der Waals surface area contributed by atoms with Crippen LogP contribution in [0.2, 0.25) is 0 Å². The van der Waals surface area contributed by atoms with Crippen LogP contribution in [0.25, 0.3) is 0 Å². The third kappa shape index (κ3) is 7.26. The predicted octanol–water partition coefficient (Wildman–Crippen LogP) is 1.84. The number of piperidine rings is 2. The summed E-state index contributed by atoms with van der Waals surface area (Å²) in [4.78, 5) is 27.1. The van der Waals surface area contributed by atoms with Crippen molar-refractivity contribution in [1.82, 2.24) is 15.5 Å². The summed E-state index contributed by atoms with van der Waals surface area (Å²) < 4.78 is 5.47. The van der Waals surface area contributed by atoms with Crippen LogP contribution in [0, 0.1) is 6.92 Å². The first-order chi connectivity index (χ1) is 13.0. The second-order valence-corrected chi connectivity index (χ2v) is 7.72. The summed E-state index contributed by atoms with van der Waals surface area (Å²) in [6.07, 6.45) is 4.33. The van der Waals surface area contributed by atoms with Gasteiger partial charge in [0.1, 0.15) is 11.3 Å². The summed E-state index contributed by atoms with van der Waals surface area (Å²) in [6.45, 7) is 6.80. The summed E-state index contributed by atoms with van der Waals surface area (Å²) in [7, 11) is 0. The van der Waals surface area contributed by atoms with Crippen molar-refractivity contribution in [3.63, 3.8) is 0 Å². The highest BCUT2D eigenvalue weighted by molar-refractivity contribution is 5.95. The van der Waals surface area contributed by atoms with Gasteiger partial charge < -0.3 is 25.1 Å². The maximum Gasteiger partial charge on any atom is 0.349 e. The minimum absolute atomic E-state index is 0. The van der Waals surface area contributed by atoms with Gasteiger partial charge in [-0.3, -0.25) is 4.79 Å². The van der Waals surface area contributed by atoms with Crippen LogP contribution in [-0.4, -0.2) is 61.3 Å². The fraction of sp³-hybridized carbons (Fsp3) is 0.700. The van der Waals surface area contributed by atoms with Crippen molar-refractivity contribution >= 4 is 30.7 Å². The fourth-order valence-corrected chi connectivity index (χ4v) is 3.94. The molecule has 0 saturated carbocycles. The first kappa shape index (κ1) is 25.9. The molecular formula is C20H33Cl2N3O4. The Hall–Kier alpha value is -1.12. The molecule has 7 nitrogen and oxygen atoms in total. The Balaban J connectivity index is 0.00000210. The second kappa shape index (κ2) is 12.5. The van der Waals surface area contributed by atoms with Gasteiger partial charge >= 0.3 is 5.63 Å². The molecule has 2 aliphatic rings. The molecule has 1 aromatic heterocycles. The Morgan fingerprint density at radius 2 is 2.03 bits per heavy atom. The number of aliphatic hydroxyl groups excluding tert-OH is 1. The molecule has 0 bridgehead atoms. The molecule has 3 rings (SSSR count). The Morgan fingerprint density at radius 1 is 1.31 bits per heavy atom. The van der Waals surface area contributed by atoms with Crippen LogP contribution in [0.4, 0.5) is 0 Å². The Morgan fingerprint density at radius 3 is 2.66 bits per heavy atom. The monoisotopic (exact) mass is 449 g/mol. The molecular weight excluding hydrogens is 417 g/mol. The van der Waals surface area contributed by atoms with Gasteiger partial charge in [0.2, 0.25) is 0 Å². The first-order valence-electron chi connectivity index (χ1n) is 10.1. The van der Waals surface area contributed by atoms with Gasteiger partial charge in [0, 0.05) is 32.1 Å². The highest BCUT2D eigenvalue weighted by Gasteiger charge is 2.22. The third-order valence-corrected chi connectivity index (χ3v) is 5.59. The summed E-state index contributed by atoms with van der Waals surface area (Å²) in [5, 5.41) is 15.7. The summed E-state index contributed by atoms with van der Waals surface area (Å²) in [5.74, 6) is 0.516. The van der Waals surface area contributed by atoms with Crippen molar-refractivity contribution in [2.75, 3.05) is 39.3 Å². The molecule has 0 aliphatic carbocycles. The van der Waals surface area contributed by atoms with E-state index in [1.807, 2.05) is 6.07 Å². The number of likely N-dealkylation sites (tertiary alicyclic amines) is 1. The molecule has 29 heavy (non-hydrogen) atoms. The van der Waals surface area contributed by atoms with E-state index in [4.69, 9.17) is 4.42 Å². The minimum atomic E-state index is -0.543. The van der Waals surface area contributed by atoms with Crippen LogP contribution in [-0.2, 0) is 0 Å². The number of aryl methyl sites for hydroxylation is 1. The van der Waals surface area contributed by atoms with E-state index < -0.39 is 5.63 Å². The molecule has 166 valence electrons. The lowest BCUT2D eigenvalue weighted by molar-refractivity contribution is 0.0816. The normalized spacial score (nSPS) is 20.4. The zero-order chi connectivity index (χ0) is 19.2. The van der Waals surface area contributed by atoms with Crippen LogP contribution >= 0.6 is 24.8 Å². The molecule has 3 N–H and O–H groups in total. The smallest absolute Gasteiger partial charge is 0.349 e. The SMILES string of the molecule is Cc1cc(C2CCCNC2)oc(=O)c1C(=O)NCCCN1CCC(O)CC1.Cl.Cl. The number of aliphatic hydroxyl groups is 1. The molecule has 2 fully saturated rings. The number of hydrogen-bond donors (Lipinski definition) is 3. The lowest BCUT2D eigenvalue weighted by Crippen LogP contribution is -2.38. The Bertz CT molecular complexity index is 699. The van der Waals surface area contributed by atoms with E-state index in [-0.39, 0.29) is 48.3 Å². The first-order valence-corrected chi connectivity index (χ1v) is 10.1. The topological polar surface area (TPSA) is 94.8 Å².